The molecule has 2 aromatic rings. The Balaban J connectivity index is 1.85. The number of unbranched alkanes of at least 4 members (excludes halogenated alkanes) is 9. The topological polar surface area (TPSA) is 40.5 Å². The molecule has 0 aliphatic carbocycles. The summed E-state index contributed by atoms with van der Waals surface area (Å²) in [6.45, 7) is 4.88. The summed E-state index contributed by atoms with van der Waals surface area (Å²) < 4.78 is 0. The fourth-order valence-corrected chi connectivity index (χ4v) is 8.37. The second-order valence-corrected chi connectivity index (χ2v) is 13.3. The summed E-state index contributed by atoms with van der Waals surface area (Å²) in [6.07, 6.45) is 13.4. The van der Waals surface area contributed by atoms with Crippen LogP contribution in [0.3, 0.4) is 0 Å². The molecule has 0 aromatic heterocycles. The predicted octanol–water partition coefficient (Wildman–Crippen LogP) is 5.80. The van der Waals surface area contributed by atoms with E-state index in [9.17, 15) is 4.80 Å². The van der Waals surface area contributed by atoms with E-state index in [2.05, 4.69) is 62.4 Å². The summed E-state index contributed by atoms with van der Waals surface area (Å²) in [7, 11) is -2.84. The lowest BCUT2D eigenvalue weighted by Crippen LogP contribution is -2.65. The van der Waals surface area contributed by atoms with Crippen molar-refractivity contribution in [1.29, 1.82) is 0 Å². The summed E-state index contributed by atoms with van der Waals surface area (Å²) in [6, 6.07) is 20.7. The third-order valence-electron chi connectivity index (χ3n) is 6.57. The third-order valence-corrected chi connectivity index (χ3v) is 11.1. The highest BCUT2D eigenvalue weighted by molar-refractivity contribution is 6.98. The van der Waals surface area contributed by atoms with Crippen molar-refractivity contribution in [3.8, 4) is 0 Å². The van der Waals surface area contributed by atoms with Gasteiger partial charge in [0.15, 0.2) is 0 Å². The lowest BCUT2D eigenvalue weighted by Gasteiger charge is -2.41. The number of rotatable bonds is 15. The number of benzene rings is 2. The molecule has 0 amide bonds. The van der Waals surface area contributed by atoms with Gasteiger partial charge in [-0.25, -0.2) is 0 Å². The molecule has 0 saturated carbocycles. The lowest BCUT2D eigenvalue weighted by atomic mass is 10.0. The molecule has 2 aromatic carbocycles. The number of hydrogen-bond acceptors (Lipinski definition) is 2. The molecule has 0 spiro atoms. The van der Waals surface area contributed by atoms with Crippen LogP contribution in [0.25, 0.3) is 0 Å². The molecule has 0 atom stereocenters. The second-order valence-electron chi connectivity index (χ2n) is 9.34. The monoisotopic (exact) mass is 426 g/mol. The van der Waals surface area contributed by atoms with E-state index in [1.54, 1.807) is 0 Å². The van der Waals surface area contributed by atoms with Crippen LogP contribution in [0.2, 0.25) is 5.04 Å². The highest BCUT2D eigenvalue weighted by Crippen LogP contribution is 2.40. The van der Waals surface area contributed by atoms with E-state index >= 15 is 0 Å². The number of aliphatic hydroxyl groups excluding tert-OH is 1. The average molecular weight is 427 g/mol. The zero-order chi connectivity index (χ0) is 21.7. The van der Waals surface area contributed by atoms with Crippen molar-refractivity contribution in [3.05, 3.63) is 60.7 Å². The van der Waals surface area contributed by atoms with Crippen LogP contribution in [0.1, 0.15) is 84.5 Å². The first-order chi connectivity index (χ1) is 14.5. The Hall–Kier alpha value is -1.42. The second kappa shape index (κ2) is 13.1. The highest BCUT2D eigenvalue weighted by Gasteiger charge is 2.49. The number of hydrogen-bond donors (Lipinski definition) is 2. The van der Waals surface area contributed by atoms with Gasteiger partial charge in [-0.05, 0) is 28.3 Å². The molecule has 166 valence electrons. The molecule has 30 heavy (non-hydrogen) atoms. The van der Waals surface area contributed by atoms with Crippen molar-refractivity contribution < 1.29 is 9.90 Å². The van der Waals surface area contributed by atoms with Crippen LogP contribution in [-0.4, -0.2) is 24.8 Å². The maximum atomic E-state index is 12.2. The Morgan fingerprint density at radius 2 is 0.967 bits per heavy atom. The Morgan fingerprint density at radius 3 is 1.37 bits per heavy atom. The van der Waals surface area contributed by atoms with Crippen LogP contribution in [-0.2, 0) is 0 Å². The normalized spacial score (nSPS) is 12.3. The maximum absolute atomic E-state index is 12.2. The molecule has 2 nitrogen and oxygen atoms in total. The molecule has 2 rings (SSSR count). The summed E-state index contributed by atoms with van der Waals surface area (Å²) in [5, 5.41) is 10.9. The van der Waals surface area contributed by atoms with Crippen LogP contribution in [0.5, 0.6) is 0 Å². The highest BCUT2D eigenvalue weighted by atomic mass is 28.4. The molecule has 0 aliphatic rings. The summed E-state index contributed by atoms with van der Waals surface area (Å²) >= 11 is 0. The first kappa shape index (κ1) is 24.8. The van der Waals surface area contributed by atoms with Crippen molar-refractivity contribution in [2.24, 2.45) is 0 Å². The smallest absolute Gasteiger partial charge is 0.258 e. The minimum absolute atomic E-state index is 0.123. The number of aliphatic hydroxyl groups is 1. The SMILES string of the molecule is CC(C)(CCCCCCCCCCCCO)[Si](O)(c1ccccc1)c1ccccc1. The fourth-order valence-electron chi connectivity index (χ4n) is 4.58. The van der Waals surface area contributed by atoms with E-state index in [1.165, 1.54) is 57.8 Å². The summed E-state index contributed by atoms with van der Waals surface area (Å²) in [5.41, 5.74) is 0. The van der Waals surface area contributed by atoms with Crippen molar-refractivity contribution in [3.63, 3.8) is 0 Å². The molecule has 0 fully saturated rings. The Morgan fingerprint density at radius 1 is 0.600 bits per heavy atom. The minimum atomic E-state index is -2.84. The molecular weight excluding hydrogens is 384 g/mol. The zero-order valence-corrected chi connectivity index (χ0v) is 20.2. The van der Waals surface area contributed by atoms with Gasteiger partial charge in [-0.15, -0.1) is 0 Å². The Labute approximate surface area is 185 Å². The van der Waals surface area contributed by atoms with Gasteiger partial charge in [0.1, 0.15) is 0 Å². The lowest BCUT2D eigenvalue weighted by molar-refractivity contribution is 0.282. The van der Waals surface area contributed by atoms with Crippen molar-refractivity contribution in [2.45, 2.75) is 89.5 Å². The van der Waals surface area contributed by atoms with E-state index < -0.39 is 8.32 Å². The van der Waals surface area contributed by atoms with Crippen molar-refractivity contribution in [2.75, 3.05) is 6.61 Å². The van der Waals surface area contributed by atoms with E-state index in [1.807, 2.05) is 12.1 Å². The predicted molar refractivity (Wildman–Crippen MR) is 132 cm³/mol. The van der Waals surface area contributed by atoms with Crippen LogP contribution in [0, 0.1) is 0 Å². The van der Waals surface area contributed by atoms with Gasteiger partial charge in [0.25, 0.3) is 8.32 Å². The molecule has 0 aliphatic heterocycles. The molecule has 0 bridgehead atoms. The molecule has 2 N–H and O–H groups in total. The maximum Gasteiger partial charge on any atom is 0.258 e. The van der Waals surface area contributed by atoms with Gasteiger partial charge < -0.3 is 9.90 Å². The quantitative estimate of drug-likeness (QED) is 0.279. The molecule has 0 unspecified atom stereocenters. The molecule has 0 heterocycles. The van der Waals surface area contributed by atoms with Crippen LogP contribution in [0.4, 0.5) is 0 Å². The van der Waals surface area contributed by atoms with Crippen LogP contribution < -0.4 is 10.4 Å². The fraction of sp³-hybridized carbons (Fsp3) is 0.556. The Kier molecular flexibility index (Phi) is 10.8. The van der Waals surface area contributed by atoms with Crippen molar-refractivity contribution >= 4 is 18.7 Å². The van der Waals surface area contributed by atoms with Gasteiger partial charge in [0, 0.05) is 6.61 Å². The van der Waals surface area contributed by atoms with E-state index in [0.717, 1.165) is 23.2 Å². The van der Waals surface area contributed by atoms with E-state index in [4.69, 9.17) is 5.11 Å². The van der Waals surface area contributed by atoms with Crippen molar-refractivity contribution in [1.82, 2.24) is 0 Å². The van der Waals surface area contributed by atoms with E-state index in [0.29, 0.717) is 6.61 Å². The van der Waals surface area contributed by atoms with Crippen LogP contribution in [0.15, 0.2) is 60.7 Å². The third kappa shape index (κ3) is 7.07. The molecular formula is C27H42O2Si. The van der Waals surface area contributed by atoms with Gasteiger partial charge in [0.05, 0.1) is 0 Å². The average Bonchev–Trinajstić information content (AvgIpc) is 2.78. The van der Waals surface area contributed by atoms with Gasteiger partial charge in [-0.2, -0.15) is 0 Å². The first-order valence-electron chi connectivity index (χ1n) is 12.0. The van der Waals surface area contributed by atoms with Crippen LogP contribution >= 0.6 is 0 Å². The largest absolute Gasteiger partial charge is 0.424 e. The minimum Gasteiger partial charge on any atom is -0.424 e. The standard InChI is InChI=1S/C27H42O2Si/c1-27(2,23-17-9-7-5-3-4-6-8-10-18-24-28)30(29,25-19-13-11-14-20-25)26-21-15-12-16-22-26/h11-16,19-22,28-29H,3-10,17-18,23-24H2,1-2H3. The van der Waals surface area contributed by atoms with E-state index in [-0.39, 0.29) is 5.04 Å². The summed E-state index contributed by atoms with van der Waals surface area (Å²) in [5.74, 6) is 0. The molecule has 0 saturated heterocycles. The van der Waals surface area contributed by atoms with Gasteiger partial charge in [0.2, 0.25) is 0 Å². The van der Waals surface area contributed by atoms with Gasteiger partial charge in [-0.1, -0.05) is 132 Å². The molecule has 3 heteroatoms. The summed E-state index contributed by atoms with van der Waals surface area (Å²) in [4.78, 5) is 12.2. The van der Waals surface area contributed by atoms with Gasteiger partial charge in [-0.3, -0.25) is 0 Å². The first-order valence-corrected chi connectivity index (χ1v) is 13.9. The zero-order valence-electron chi connectivity index (χ0n) is 19.2. The van der Waals surface area contributed by atoms with Gasteiger partial charge >= 0.3 is 0 Å². The molecule has 0 radical (unpaired) electrons. The Bertz CT molecular complexity index is 645.